The number of hydrogen-bond acceptors (Lipinski definition) is 7. The van der Waals surface area contributed by atoms with E-state index in [-0.39, 0.29) is 23.8 Å². The van der Waals surface area contributed by atoms with Gasteiger partial charge >= 0.3 is 0 Å². The second kappa shape index (κ2) is 9.06. The van der Waals surface area contributed by atoms with E-state index in [1.807, 2.05) is 0 Å². The number of alkyl halides is 2. The van der Waals surface area contributed by atoms with Gasteiger partial charge in [0.2, 0.25) is 5.88 Å². The number of aromatic amines is 1. The largest absolute Gasteiger partial charge is 0.467 e. The third-order valence-corrected chi connectivity index (χ3v) is 7.11. The molecule has 1 saturated heterocycles. The van der Waals surface area contributed by atoms with Crippen LogP contribution in [0.25, 0.3) is 22.4 Å². The van der Waals surface area contributed by atoms with Crippen LogP contribution in [0.15, 0.2) is 53.6 Å². The van der Waals surface area contributed by atoms with Gasteiger partial charge in [0.1, 0.15) is 16.1 Å². The first-order chi connectivity index (χ1) is 17.1. The van der Waals surface area contributed by atoms with Crippen molar-refractivity contribution in [3.05, 3.63) is 60.0 Å². The minimum Gasteiger partial charge on any atom is -0.467 e. The summed E-state index contributed by atoms with van der Waals surface area (Å²) in [6, 6.07) is 9.83. The summed E-state index contributed by atoms with van der Waals surface area (Å²) in [5, 5.41) is 9.60. The van der Waals surface area contributed by atoms with Gasteiger partial charge in [-0.2, -0.15) is 10.1 Å². The Labute approximate surface area is 204 Å². The molecule has 0 amide bonds. The molecule has 3 N–H and O–H groups in total. The van der Waals surface area contributed by atoms with Crippen molar-refractivity contribution in [2.45, 2.75) is 30.3 Å². The lowest BCUT2D eigenvalue weighted by atomic mass is 10.1. The highest BCUT2D eigenvalue weighted by Gasteiger charge is 2.44. The van der Waals surface area contributed by atoms with E-state index < -0.39 is 39.3 Å². The lowest BCUT2D eigenvalue weighted by Crippen LogP contribution is -2.52. The number of hydrogen-bond donors (Lipinski definition) is 3. The predicted octanol–water partition coefficient (Wildman–Crippen LogP) is 3.64. The molecule has 0 aliphatic carbocycles. The minimum absolute atomic E-state index is 0.0324. The van der Waals surface area contributed by atoms with Gasteiger partial charge in [0, 0.05) is 17.7 Å². The van der Waals surface area contributed by atoms with E-state index in [0.29, 0.717) is 28.7 Å². The molecule has 0 spiro atoms. The molecule has 13 heteroatoms. The maximum absolute atomic E-state index is 14.3. The summed E-state index contributed by atoms with van der Waals surface area (Å²) in [6.07, 6.45) is 0.135. The van der Waals surface area contributed by atoms with Crippen LogP contribution >= 0.6 is 0 Å². The summed E-state index contributed by atoms with van der Waals surface area (Å²) in [5.41, 5.74) is 1.55. The normalized spacial score (nSPS) is 17.7. The summed E-state index contributed by atoms with van der Waals surface area (Å²) in [7, 11) is -4.17. The molecule has 0 saturated carbocycles. The zero-order valence-electron chi connectivity index (χ0n) is 18.9. The molecular weight excluding hydrogens is 497 g/mol. The van der Waals surface area contributed by atoms with Crippen LogP contribution in [0.4, 0.5) is 18.9 Å². The van der Waals surface area contributed by atoms with Crippen LogP contribution in [-0.4, -0.2) is 53.7 Å². The fourth-order valence-corrected chi connectivity index (χ4v) is 5.06. The first kappa shape index (κ1) is 24.0. The van der Waals surface area contributed by atoms with E-state index in [0.717, 1.165) is 6.07 Å². The summed E-state index contributed by atoms with van der Waals surface area (Å²) >= 11 is 0. The highest BCUT2D eigenvalue weighted by atomic mass is 32.2. The van der Waals surface area contributed by atoms with E-state index in [9.17, 15) is 21.6 Å². The molecule has 5 rings (SSSR count). The number of piperidine rings is 1. The van der Waals surface area contributed by atoms with Crippen molar-refractivity contribution in [3.8, 4) is 17.3 Å². The summed E-state index contributed by atoms with van der Waals surface area (Å²) in [6.45, 7) is 1.55. The molecule has 0 bridgehead atoms. The van der Waals surface area contributed by atoms with Gasteiger partial charge < -0.3 is 10.1 Å². The Hall–Kier alpha value is -3.71. The Morgan fingerprint density at radius 3 is 2.67 bits per heavy atom. The molecule has 1 unspecified atom stereocenters. The lowest BCUT2D eigenvalue weighted by Gasteiger charge is -2.31. The van der Waals surface area contributed by atoms with Gasteiger partial charge in [-0.15, -0.1) is 0 Å². The lowest BCUT2D eigenvalue weighted by molar-refractivity contribution is -0.109. The Kier molecular flexibility index (Phi) is 6.04. The van der Waals surface area contributed by atoms with Crippen LogP contribution in [0.3, 0.4) is 0 Å². The third-order valence-electron chi connectivity index (χ3n) is 5.72. The summed E-state index contributed by atoms with van der Waals surface area (Å²) < 4.78 is 76.0. The molecule has 1 fully saturated rings. The number of aromatic nitrogens is 4. The van der Waals surface area contributed by atoms with E-state index >= 15 is 0 Å². The van der Waals surface area contributed by atoms with Crippen molar-refractivity contribution in [3.63, 3.8) is 0 Å². The number of aryl methyl sites for hydroxylation is 1. The Balaban J connectivity index is 1.42. The molecule has 0 radical (unpaired) electrons. The van der Waals surface area contributed by atoms with Crippen LogP contribution in [0.2, 0.25) is 0 Å². The second-order valence-electron chi connectivity index (χ2n) is 8.43. The van der Waals surface area contributed by atoms with E-state index in [2.05, 4.69) is 30.2 Å². The van der Waals surface area contributed by atoms with Crippen LogP contribution in [0, 0.1) is 12.7 Å². The van der Waals surface area contributed by atoms with Crippen LogP contribution in [0.5, 0.6) is 5.88 Å². The molecule has 9 nitrogen and oxygen atoms in total. The van der Waals surface area contributed by atoms with E-state index in [1.54, 1.807) is 19.1 Å². The van der Waals surface area contributed by atoms with Gasteiger partial charge in [-0.25, -0.2) is 26.6 Å². The topological polar surface area (TPSA) is 122 Å². The molecule has 2 aromatic carbocycles. The standard InChI is InChI=1S/C23H21F3N6O3S/c1-13-2-7-17(24)18(10-13)36(33,34)32-15-5-3-14(4-6-15)20-29-21-16(11-28-31-21)22(30-20)35-19-8-9-27-12-23(19,25)26/h2-7,10-11,19,27,32H,8-9,12H2,1H3,(H,28,29,30,31). The molecule has 3 heterocycles. The SMILES string of the molecule is Cc1ccc(F)c(S(=O)(=O)Nc2ccc(-c3nc(OC4CCNCC4(F)F)c4cn[nH]c4n3)cc2)c1. The molecule has 2 aromatic heterocycles. The number of anilines is 1. The van der Waals surface area contributed by atoms with Crippen molar-refractivity contribution < 1.29 is 26.3 Å². The van der Waals surface area contributed by atoms with Crippen LogP contribution in [-0.2, 0) is 10.0 Å². The zero-order valence-corrected chi connectivity index (χ0v) is 19.7. The maximum Gasteiger partial charge on any atom is 0.296 e. The van der Waals surface area contributed by atoms with Gasteiger partial charge in [0.05, 0.1) is 12.7 Å². The van der Waals surface area contributed by atoms with E-state index in [4.69, 9.17) is 4.74 Å². The predicted molar refractivity (Wildman–Crippen MR) is 126 cm³/mol. The van der Waals surface area contributed by atoms with E-state index in [1.165, 1.54) is 30.5 Å². The number of sulfonamides is 1. The number of ether oxygens (including phenoxy) is 1. The highest BCUT2D eigenvalue weighted by molar-refractivity contribution is 7.92. The monoisotopic (exact) mass is 518 g/mol. The average Bonchev–Trinajstić information content (AvgIpc) is 3.31. The highest BCUT2D eigenvalue weighted by Crippen LogP contribution is 2.32. The van der Waals surface area contributed by atoms with Crippen LogP contribution in [0.1, 0.15) is 12.0 Å². The number of H-pyrrole nitrogens is 1. The van der Waals surface area contributed by atoms with Crippen molar-refractivity contribution in [1.82, 2.24) is 25.5 Å². The number of nitrogens with zero attached hydrogens (tertiary/aromatic N) is 3. The van der Waals surface area contributed by atoms with Crippen LogP contribution < -0.4 is 14.8 Å². The second-order valence-corrected chi connectivity index (χ2v) is 10.1. The number of rotatable bonds is 6. The van der Waals surface area contributed by atoms with Gasteiger partial charge in [0.25, 0.3) is 15.9 Å². The van der Waals surface area contributed by atoms with Gasteiger partial charge in [-0.05, 0) is 55.4 Å². The molecule has 188 valence electrons. The van der Waals surface area contributed by atoms with Crippen molar-refractivity contribution >= 4 is 26.7 Å². The van der Waals surface area contributed by atoms with Gasteiger partial charge in [0.15, 0.2) is 17.6 Å². The van der Waals surface area contributed by atoms with Gasteiger partial charge in [-0.1, -0.05) is 6.07 Å². The van der Waals surface area contributed by atoms with Crippen molar-refractivity contribution in [1.29, 1.82) is 0 Å². The fraction of sp³-hybridized carbons (Fsp3) is 0.261. The zero-order chi connectivity index (χ0) is 25.5. The quantitative estimate of drug-likeness (QED) is 0.356. The van der Waals surface area contributed by atoms with Crippen molar-refractivity contribution in [2.24, 2.45) is 0 Å². The number of nitrogens with one attached hydrogen (secondary N) is 3. The van der Waals surface area contributed by atoms with Crippen molar-refractivity contribution in [2.75, 3.05) is 17.8 Å². The molecule has 1 aliphatic heterocycles. The molecule has 4 aromatic rings. The first-order valence-corrected chi connectivity index (χ1v) is 12.5. The number of halogens is 3. The third kappa shape index (κ3) is 4.71. The molecule has 1 aliphatic rings. The Bertz CT molecular complexity index is 1530. The number of fused-ring (bicyclic) bond motifs is 1. The Morgan fingerprint density at radius 2 is 1.92 bits per heavy atom. The number of benzene rings is 2. The Morgan fingerprint density at radius 1 is 1.14 bits per heavy atom. The smallest absolute Gasteiger partial charge is 0.296 e. The average molecular weight is 519 g/mol. The first-order valence-electron chi connectivity index (χ1n) is 11.0. The van der Waals surface area contributed by atoms with Gasteiger partial charge in [-0.3, -0.25) is 9.82 Å². The maximum atomic E-state index is 14.3. The fourth-order valence-electron chi connectivity index (χ4n) is 3.83. The molecular formula is C23H21F3N6O3S. The molecule has 36 heavy (non-hydrogen) atoms. The summed E-state index contributed by atoms with van der Waals surface area (Å²) in [5.74, 6) is -3.80. The molecule has 1 atom stereocenters. The minimum atomic E-state index is -4.17. The summed E-state index contributed by atoms with van der Waals surface area (Å²) in [4.78, 5) is 8.25.